The van der Waals surface area contributed by atoms with Gasteiger partial charge in [-0.05, 0) is 18.1 Å². The van der Waals surface area contributed by atoms with Crippen molar-refractivity contribution < 1.29 is 0 Å². The molecule has 0 spiro atoms. The third kappa shape index (κ3) is 2.60. The molecule has 0 bridgehead atoms. The largest absolute Gasteiger partial charge is 0.325 e. The third-order valence-electron chi connectivity index (χ3n) is 3.44. The smallest absolute Gasteiger partial charge is 0.0873 e. The maximum Gasteiger partial charge on any atom is 0.0873 e. The number of hydrogen-bond donors (Lipinski definition) is 0. The minimum absolute atomic E-state index is 0.388. The van der Waals surface area contributed by atoms with E-state index in [1.807, 2.05) is 48.0 Å². The van der Waals surface area contributed by atoms with Crippen molar-refractivity contribution >= 4 is 33.7 Å². The summed E-state index contributed by atoms with van der Waals surface area (Å²) in [6.45, 7) is 4.53. The topological polar surface area (TPSA) is 29.0 Å². The normalized spacial score (nSPS) is 20.0. The SMILES string of the molecule is CCC(C)C1SC(c2cncs2)=[C]N1c1ccncc1. The molecule has 0 saturated carbocycles. The molecule has 3 nitrogen and oxygen atoms in total. The van der Waals surface area contributed by atoms with Gasteiger partial charge in [-0.15, -0.1) is 11.3 Å². The van der Waals surface area contributed by atoms with Crippen molar-refractivity contribution in [3.63, 3.8) is 0 Å². The van der Waals surface area contributed by atoms with Crippen molar-refractivity contribution in [2.45, 2.75) is 25.6 Å². The molecule has 0 amide bonds. The van der Waals surface area contributed by atoms with Gasteiger partial charge < -0.3 is 4.90 Å². The molecule has 103 valence electrons. The van der Waals surface area contributed by atoms with Gasteiger partial charge >= 0.3 is 0 Å². The number of hydrogen-bond acceptors (Lipinski definition) is 5. The lowest BCUT2D eigenvalue weighted by molar-refractivity contribution is 0.537. The predicted molar refractivity (Wildman–Crippen MR) is 86.3 cm³/mol. The fraction of sp³-hybridized carbons (Fsp3) is 0.333. The molecule has 5 heteroatoms. The Morgan fingerprint density at radius 3 is 2.80 bits per heavy atom. The molecular weight excluding hydrogens is 286 g/mol. The summed E-state index contributed by atoms with van der Waals surface area (Å²) in [6.07, 6.45) is 10.3. The fourth-order valence-electron chi connectivity index (χ4n) is 2.10. The summed E-state index contributed by atoms with van der Waals surface area (Å²) < 4.78 is 0. The quantitative estimate of drug-likeness (QED) is 0.843. The number of anilines is 1. The number of thiazole rings is 1. The van der Waals surface area contributed by atoms with E-state index >= 15 is 0 Å². The summed E-state index contributed by atoms with van der Waals surface area (Å²) in [5.41, 5.74) is 3.02. The van der Waals surface area contributed by atoms with E-state index in [-0.39, 0.29) is 0 Å². The molecule has 0 fully saturated rings. The van der Waals surface area contributed by atoms with Crippen LogP contribution in [0, 0.1) is 12.1 Å². The Morgan fingerprint density at radius 2 is 2.15 bits per heavy atom. The zero-order valence-electron chi connectivity index (χ0n) is 11.5. The summed E-state index contributed by atoms with van der Waals surface area (Å²) >= 11 is 3.55. The molecule has 2 aromatic rings. The van der Waals surface area contributed by atoms with Crippen LogP contribution in [0.4, 0.5) is 5.69 Å². The van der Waals surface area contributed by atoms with E-state index in [1.165, 1.54) is 9.78 Å². The van der Waals surface area contributed by atoms with E-state index in [2.05, 4.69) is 34.9 Å². The average molecular weight is 302 g/mol. The molecule has 0 N–H and O–H groups in total. The second kappa shape index (κ2) is 5.97. The average Bonchev–Trinajstić information content (AvgIpc) is 3.16. The van der Waals surface area contributed by atoms with Gasteiger partial charge in [-0.3, -0.25) is 9.97 Å². The molecular formula is C15H16N3S2. The van der Waals surface area contributed by atoms with Gasteiger partial charge in [-0.2, -0.15) is 0 Å². The summed E-state index contributed by atoms with van der Waals surface area (Å²) in [7, 11) is 0. The standard InChI is InChI=1S/C15H16N3S2/c1-3-11(2)15-18(12-4-6-16-7-5-12)9-14(20-15)13-8-17-10-19-13/h4-8,10-11,15H,3H2,1-2H3. The van der Waals surface area contributed by atoms with Gasteiger partial charge in [0.25, 0.3) is 0 Å². The first-order valence-corrected chi connectivity index (χ1v) is 8.44. The van der Waals surface area contributed by atoms with E-state index in [0.717, 1.165) is 12.1 Å². The molecule has 3 rings (SSSR count). The van der Waals surface area contributed by atoms with Gasteiger partial charge in [0, 0.05) is 24.3 Å². The number of nitrogens with zero attached hydrogens (tertiary/aromatic N) is 3. The van der Waals surface area contributed by atoms with Crippen LogP contribution in [0.2, 0.25) is 0 Å². The molecule has 20 heavy (non-hydrogen) atoms. The maximum absolute atomic E-state index is 4.17. The second-order valence-electron chi connectivity index (χ2n) is 4.78. The van der Waals surface area contributed by atoms with Crippen molar-refractivity contribution in [1.29, 1.82) is 0 Å². The van der Waals surface area contributed by atoms with Gasteiger partial charge in [0.1, 0.15) is 0 Å². The van der Waals surface area contributed by atoms with Crippen LogP contribution in [0.1, 0.15) is 25.1 Å². The number of aromatic nitrogens is 2. The fourth-order valence-corrected chi connectivity index (χ4v) is 4.17. The predicted octanol–water partition coefficient (Wildman–Crippen LogP) is 4.27. The molecule has 2 aromatic heterocycles. The molecule has 0 saturated heterocycles. The highest BCUT2D eigenvalue weighted by atomic mass is 32.2. The van der Waals surface area contributed by atoms with Gasteiger partial charge in [0.05, 0.1) is 26.9 Å². The van der Waals surface area contributed by atoms with Crippen LogP contribution in [-0.4, -0.2) is 15.3 Å². The molecule has 3 heterocycles. The zero-order valence-corrected chi connectivity index (χ0v) is 13.1. The lowest BCUT2D eigenvalue weighted by atomic mass is 10.1. The Labute approximate surface area is 127 Å². The van der Waals surface area contributed by atoms with Crippen molar-refractivity contribution in [2.24, 2.45) is 5.92 Å². The molecule has 1 aliphatic heterocycles. The monoisotopic (exact) mass is 302 g/mol. The molecule has 1 aliphatic rings. The first-order chi connectivity index (χ1) is 9.79. The van der Waals surface area contributed by atoms with E-state index in [1.54, 1.807) is 11.3 Å². The van der Waals surface area contributed by atoms with E-state index in [0.29, 0.717) is 11.3 Å². The summed E-state index contributed by atoms with van der Waals surface area (Å²) in [5, 5.41) is 0.388. The first kappa shape index (κ1) is 13.6. The van der Waals surface area contributed by atoms with Gasteiger partial charge in [-0.25, -0.2) is 0 Å². The van der Waals surface area contributed by atoms with Crippen molar-refractivity contribution in [3.05, 3.63) is 47.3 Å². The van der Waals surface area contributed by atoms with Crippen LogP contribution in [0.15, 0.2) is 36.2 Å². The summed E-state index contributed by atoms with van der Waals surface area (Å²) in [6, 6.07) is 4.08. The van der Waals surface area contributed by atoms with E-state index < -0.39 is 0 Å². The lowest BCUT2D eigenvalue weighted by Gasteiger charge is -2.28. The zero-order chi connectivity index (χ0) is 13.9. The first-order valence-electron chi connectivity index (χ1n) is 6.68. The van der Waals surface area contributed by atoms with Crippen LogP contribution >= 0.6 is 23.1 Å². The Kier molecular flexibility index (Phi) is 4.08. The van der Waals surface area contributed by atoms with Crippen LogP contribution in [0.5, 0.6) is 0 Å². The highest BCUT2D eigenvalue weighted by Crippen LogP contribution is 2.45. The molecule has 0 aliphatic carbocycles. The molecule has 1 radical (unpaired) electrons. The lowest BCUT2D eigenvalue weighted by Crippen LogP contribution is -2.30. The van der Waals surface area contributed by atoms with E-state index in [4.69, 9.17) is 0 Å². The van der Waals surface area contributed by atoms with Crippen molar-refractivity contribution in [2.75, 3.05) is 4.90 Å². The van der Waals surface area contributed by atoms with Gasteiger partial charge in [0.15, 0.2) is 0 Å². The minimum Gasteiger partial charge on any atom is -0.325 e. The van der Waals surface area contributed by atoms with Gasteiger partial charge in [-0.1, -0.05) is 32.0 Å². The highest BCUT2D eigenvalue weighted by Gasteiger charge is 2.32. The Bertz CT molecular complexity index is 580. The summed E-state index contributed by atoms with van der Waals surface area (Å²) in [4.78, 5) is 12.9. The third-order valence-corrected chi connectivity index (χ3v) is 5.83. The van der Waals surface area contributed by atoms with Crippen molar-refractivity contribution in [3.8, 4) is 0 Å². The highest BCUT2D eigenvalue weighted by molar-refractivity contribution is 8.09. The Morgan fingerprint density at radius 1 is 1.35 bits per heavy atom. The second-order valence-corrected chi connectivity index (χ2v) is 6.79. The van der Waals surface area contributed by atoms with Crippen LogP contribution in [0.25, 0.3) is 4.91 Å². The molecule has 0 aromatic carbocycles. The number of rotatable bonds is 4. The molecule has 2 atom stereocenters. The minimum atomic E-state index is 0.388. The maximum atomic E-state index is 4.17. The van der Waals surface area contributed by atoms with Crippen LogP contribution < -0.4 is 4.90 Å². The Balaban J connectivity index is 1.94. The van der Waals surface area contributed by atoms with Crippen LogP contribution in [0.3, 0.4) is 0 Å². The van der Waals surface area contributed by atoms with Crippen LogP contribution in [-0.2, 0) is 0 Å². The number of thioether (sulfide) groups is 1. The Hall–Kier alpha value is -1.33. The number of pyridine rings is 1. The van der Waals surface area contributed by atoms with Crippen molar-refractivity contribution in [1.82, 2.24) is 9.97 Å². The van der Waals surface area contributed by atoms with E-state index in [9.17, 15) is 0 Å². The van der Waals surface area contributed by atoms with Gasteiger partial charge in [0.2, 0.25) is 0 Å². The molecule has 2 unspecified atom stereocenters. The summed E-state index contributed by atoms with van der Waals surface area (Å²) in [5.74, 6) is 0.589.